The second-order valence-corrected chi connectivity index (χ2v) is 6.55. The zero-order valence-corrected chi connectivity index (χ0v) is 14.5. The molecule has 5 heteroatoms. The minimum absolute atomic E-state index is 0.107. The van der Waals surface area contributed by atoms with E-state index in [-0.39, 0.29) is 11.3 Å². The first-order valence-electron chi connectivity index (χ1n) is 7.39. The molecule has 0 unspecified atom stereocenters. The average molecular weight is 355 g/mol. The predicted molar refractivity (Wildman–Crippen MR) is 88.9 cm³/mol. The molecule has 1 fully saturated rings. The molecule has 1 heterocycles. The van der Waals surface area contributed by atoms with E-state index < -0.39 is 0 Å². The molecular formula is C16H23BrN2O2. The molecule has 0 aromatic heterocycles. The third kappa shape index (κ3) is 3.40. The Balaban J connectivity index is 2.26. The molecule has 0 atom stereocenters. The van der Waals surface area contributed by atoms with E-state index in [0.29, 0.717) is 5.75 Å². The Morgan fingerprint density at radius 3 is 2.67 bits per heavy atom. The van der Waals surface area contributed by atoms with Crippen LogP contribution in [0.4, 0.5) is 5.69 Å². The summed E-state index contributed by atoms with van der Waals surface area (Å²) in [6.07, 6.45) is 2.62. The van der Waals surface area contributed by atoms with Crippen molar-refractivity contribution in [3.8, 4) is 5.75 Å². The SMILES string of the molecule is CCC1(C(=O)Nc2c(C)cc(Br)cc2OC)CCNCC1. The minimum Gasteiger partial charge on any atom is -0.495 e. The Morgan fingerprint density at radius 2 is 2.10 bits per heavy atom. The molecule has 0 aliphatic carbocycles. The lowest BCUT2D eigenvalue weighted by Gasteiger charge is -2.35. The third-order valence-corrected chi connectivity index (χ3v) is 4.90. The number of hydrogen-bond acceptors (Lipinski definition) is 3. The molecule has 0 spiro atoms. The van der Waals surface area contributed by atoms with Crippen LogP contribution in [0.5, 0.6) is 5.75 Å². The number of carbonyl (C=O) groups excluding carboxylic acids is 1. The van der Waals surface area contributed by atoms with Gasteiger partial charge in [-0.05, 0) is 57.0 Å². The number of amides is 1. The summed E-state index contributed by atoms with van der Waals surface area (Å²) < 4.78 is 6.35. The van der Waals surface area contributed by atoms with Crippen molar-refractivity contribution < 1.29 is 9.53 Å². The van der Waals surface area contributed by atoms with Gasteiger partial charge in [0.25, 0.3) is 0 Å². The highest BCUT2D eigenvalue weighted by atomic mass is 79.9. The quantitative estimate of drug-likeness (QED) is 0.869. The molecule has 0 saturated carbocycles. The average Bonchev–Trinajstić information content (AvgIpc) is 2.50. The van der Waals surface area contributed by atoms with Crippen molar-refractivity contribution in [2.75, 3.05) is 25.5 Å². The molecule has 1 aromatic carbocycles. The van der Waals surface area contributed by atoms with Crippen LogP contribution in [0.25, 0.3) is 0 Å². The van der Waals surface area contributed by atoms with E-state index in [1.165, 1.54) is 0 Å². The molecule has 1 aliphatic rings. The first kappa shape index (κ1) is 16.3. The number of hydrogen-bond donors (Lipinski definition) is 2. The normalized spacial score (nSPS) is 17.3. The molecule has 0 radical (unpaired) electrons. The number of aryl methyl sites for hydroxylation is 1. The number of rotatable bonds is 4. The number of nitrogens with one attached hydrogen (secondary N) is 2. The molecule has 2 rings (SSSR count). The largest absolute Gasteiger partial charge is 0.495 e. The summed E-state index contributed by atoms with van der Waals surface area (Å²) in [5.41, 5.74) is 1.50. The maximum Gasteiger partial charge on any atom is 0.230 e. The van der Waals surface area contributed by atoms with E-state index in [1.807, 2.05) is 19.1 Å². The molecular weight excluding hydrogens is 332 g/mol. The highest BCUT2D eigenvalue weighted by Crippen LogP contribution is 2.37. The Morgan fingerprint density at radius 1 is 1.43 bits per heavy atom. The number of anilines is 1. The molecule has 1 saturated heterocycles. The summed E-state index contributed by atoms with van der Waals surface area (Å²) in [4.78, 5) is 12.8. The molecule has 1 aliphatic heterocycles. The van der Waals surface area contributed by atoms with Crippen LogP contribution < -0.4 is 15.4 Å². The lowest BCUT2D eigenvalue weighted by molar-refractivity contribution is -0.127. The van der Waals surface area contributed by atoms with Crippen molar-refractivity contribution in [1.29, 1.82) is 0 Å². The molecule has 4 nitrogen and oxygen atoms in total. The summed E-state index contributed by atoms with van der Waals surface area (Å²) in [6, 6.07) is 3.86. The number of methoxy groups -OCH3 is 1. The van der Waals surface area contributed by atoms with Crippen LogP contribution in [0.2, 0.25) is 0 Å². The monoisotopic (exact) mass is 354 g/mol. The number of ether oxygens (including phenoxy) is 1. The van der Waals surface area contributed by atoms with Gasteiger partial charge in [-0.25, -0.2) is 0 Å². The number of piperidine rings is 1. The van der Waals surface area contributed by atoms with Crippen molar-refractivity contribution in [1.82, 2.24) is 5.32 Å². The number of benzene rings is 1. The van der Waals surface area contributed by atoms with Gasteiger partial charge in [0, 0.05) is 4.47 Å². The molecule has 21 heavy (non-hydrogen) atoms. The summed E-state index contributed by atoms with van der Waals surface area (Å²) in [7, 11) is 1.62. The van der Waals surface area contributed by atoms with Crippen molar-refractivity contribution >= 4 is 27.5 Å². The second-order valence-electron chi connectivity index (χ2n) is 5.64. The first-order chi connectivity index (χ1) is 10.0. The van der Waals surface area contributed by atoms with Crippen molar-refractivity contribution in [3.63, 3.8) is 0 Å². The summed E-state index contributed by atoms with van der Waals surface area (Å²) in [5, 5.41) is 6.43. The topological polar surface area (TPSA) is 50.4 Å². The fourth-order valence-electron chi connectivity index (χ4n) is 2.93. The van der Waals surface area contributed by atoms with Crippen molar-refractivity contribution in [2.24, 2.45) is 5.41 Å². The van der Waals surface area contributed by atoms with Gasteiger partial charge in [-0.1, -0.05) is 22.9 Å². The van der Waals surface area contributed by atoms with Gasteiger partial charge in [-0.2, -0.15) is 0 Å². The fourth-order valence-corrected chi connectivity index (χ4v) is 3.48. The van der Waals surface area contributed by atoms with E-state index in [1.54, 1.807) is 7.11 Å². The van der Waals surface area contributed by atoms with Crippen LogP contribution in [0, 0.1) is 12.3 Å². The van der Waals surface area contributed by atoms with E-state index >= 15 is 0 Å². The molecule has 116 valence electrons. The van der Waals surface area contributed by atoms with E-state index in [9.17, 15) is 4.79 Å². The maximum atomic E-state index is 12.8. The second kappa shape index (κ2) is 6.79. The van der Waals surface area contributed by atoms with Crippen molar-refractivity contribution in [2.45, 2.75) is 33.1 Å². The van der Waals surface area contributed by atoms with Crippen molar-refractivity contribution in [3.05, 3.63) is 22.2 Å². The summed E-state index contributed by atoms with van der Waals surface area (Å²) in [5.74, 6) is 0.797. The smallest absolute Gasteiger partial charge is 0.230 e. The Bertz CT molecular complexity index is 525. The van der Waals surface area contributed by atoms with E-state index in [4.69, 9.17) is 4.74 Å². The maximum absolute atomic E-state index is 12.8. The van der Waals surface area contributed by atoms with Crippen LogP contribution in [0.1, 0.15) is 31.7 Å². The zero-order chi connectivity index (χ0) is 15.5. The van der Waals surface area contributed by atoms with Gasteiger partial charge in [0.2, 0.25) is 5.91 Å². The Kier molecular flexibility index (Phi) is 5.27. The summed E-state index contributed by atoms with van der Waals surface area (Å²) >= 11 is 3.45. The van der Waals surface area contributed by atoms with Gasteiger partial charge >= 0.3 is 0 Å². The van der Waals surface area contributed by atoms with Gasteiger partial charge < -0.3 is 15.4 Å². The third-order valence-electron chi connectivity index (χ3n) is 4.44. The Hall–Kier alpha value is -1.07. The lowest BCUT2D eigenvalue weighted by atomic mass is 9.76. The van der Waals surface area contributed by atoms with Crippen LogP contribution >= 0.6 is 15.9 Å². The molecule has 1 aromatic rings. The zero-order valence-electron chi connectivity index (χ0n) is 12.9. The summed E-state index contributed by atoms with van der Waals surface area (Å²) in [6.45, 7) is 5.87. The van der Waals surface area contributed by atoms with Gasteiger partial charge in [-0.3, -0.25) is 4.79 Å². The van der Waals surface area contributed by atoms with Gasteiger partial charge in [0.15, 0.2) is 0 Å². The standard InChI is InChI=1S/C16H23BrN2O2/c1-4-16(5-7-18-8-6-16)15(20)19-14-11(2)9-12(17)10-13(14)21-3/h9-10,18H,4-8H2,1-3H3,(H,19,20). The first-order valence-corrected chi connectivity index (χ1v) is 8.18. The van der Waals surface area contributed by atoms with E-state index in [0.717, 1.165) is 48.1 Å². The fraction of sp³-hybridized carbons (Fsp3) is 0.562. The highest BCUT2D eigenvalue weighted by Gasteiger charge is 2.38. The van der Waals surface area contributed by atoms with Crippen LogP contribution in [-0.4, -0.2) is 26.1 Å². The van der Waals surface area contributed by atoms with E-state index in [2.05, 4.69) is 33.5 Å². The van der Waals surface area contributed by atoms with Crippen LogP contribution in [0.3, 0.4) is 0 Å². The Labute approximate surface area is 134 Å². The minimum atomic E-state index is -0.268. The van der Waals surface area contributed by atoms with Crippen LogP contribution in [0.15, 0.2) is 16.6 Å². The highest BCUT2D eigenvalue weighted by molar-refractivity contribution is 9.10. The van der Waals surface area contributed by atoms with Crippen LogP contribution in [-0.2, 0) is 4.79 Å². The van der Waals surface area contributed by atoms with Gasteiger partial charge in [0.05, 0.1) is 18.2 Å². The molecule has 0 bridgehead atoms. The number of carbonyl (C=O) groups is 1. The lowest BCUT2D eigenvalue weighted by Crippen LogP contribution is -2.44. The predicted octanol–water partition coefficient (Wildman–Crippen LogP) is 3.48. The van der Waals surface area contributed by atoms with Gasteiger partial charge in [-0.15, -0.1) is 0 Å². The number of halogens is 1. The molecule has 2 N–H and O–H groups in total. The van der Waals surface area contributed by atoms with Gasteiger partial charge in [0.1, 0.15) is 5.75 Å². The molecule has 1 amide bonds.